The molecule has 0 aliphatic carbocycles. The van der Waals surface area contributed by atoms with Gasteiger partial charge in [0.15, 0.2) is 11.5 Å². The maximum Gasteiger partial charge on any atom is 0.203 e. The van der Waals surface area contributed by atoms with E-state index >= 15 is 0 Å². The normalized spacial score (nSPS) is 11.5. The van der Waals surface area contributed by atoms with Crippen LogP contribution in [0.3, 0.4) is 0 Å². The number of phenols is 1. The van der Waals surface area contributed by atoms with Gasteiger partial charge in [0.2, 0.25) is 5.78 Å². The smallest absolute Gasteiger partial charge is 0.203 e. The lowest BCUT2D eigenvalue weighted by Gasteiger charge is -2.18. The Morgan fingerprint density at radius 1 is 0.880 bits per heavy atom. The van der Waals surface area contributed by atoms with Crippen molar-refractivity contribution >= 4 is 11.6 Å². The van der Waals surface area contributed by atoms with Gasteiger partial charge in [0.05, 0.1) is 6.26 Å². The third-order valence-electron chi connectivity index (χ3n) is 3.66. The van der Waals surface area contributed by atoms with Crippen LogP contribution >= 0.6 is 0 Å². The molecule has 2 rings (SSSR count). The van der Waals surface area contributed by atoms with Gasteiger partial charge in [-0.15, -0.1) is 0 Å². The molecule has 0 spiro atoms. The highest BCUT2D eigenvalue weighted by Gasteiger charge is 2.25. The molecule has 0 fully saturated rings. The SMILES string of the molecule is CC(C)(C)C(=O)c1ccco1.Cc1c(O)cccc1C(=O)C(C)(C)C. The van der Waals surface area contributed by atoms with Gasteiger partial charge in [-0.05, 0) is 25.1 Å². The van der Waals surface area contributed by atoms with Crippen molar-refractivity contribution in [1.82, 2.24) is 0 Å². The largest absolute Gasteiger partial charge is 0.508 e. The zero-order chi connectivity index (χ0) is 19.4. The van der Waals surface area contributed by atoms with Crippen LogP contribution in [0.2, 0.25) is 0 Å². The van der Waals surface area contributed by atoms with Gasteiger partial charge in [-0.25, -0.2) is 0 Å². The summed E-state index contributed by atoms with van der Waals surface area (Å²) in [5.41, 5.74) is 0.515. The Kier molecular flexibility index (Phi) is 6.36. The van der Waals surface area contributed by atoms with E-state index in [1.165, 1.54) is 6.26 Å². The Labute approximate surface area is 149 Å². The van der Waals surface area contributed by atoms with E-state index in [0.29, 0.717) is 16.9 Å². The predicted molar refractivity (Wildman–Crippen MR) is 99.1 cm³/mol. The molecule has 1 N–H and O–H groups in total. The number of aromatic hydroxyl groups is 1. The van der Waals surface area contributed by atoms with Gasteiger partial charge in [0.1, 0.15) is 5.75 Å². The van der Waals surface area contributed by atoms with E-state index in [2.05, 4.69) is 0 Å². The fourth-order valence-corrected chi connectivity index (χ4v) is 2.05. The second-order valence-electron chi connectivity index (χ2n) is 8.09. The summed E-state index contributed by atoms with van der Waals surface area (Å²) in [6.07, 6.45) is 1.51. The summed E-state index contributed by atoms with van der Waals surface area (Å²) < 4.78 is 4.97. The topological polar surface area (TPSA) is 67.5 Å². The molecule has 0 unspecified atom stereocenters. The summed E-state index contributed by atoms with van der Waals surface area (Å²) in [6, 6.07) is 8.45. The number of furan rings is 1. The summed E-state index contributed by atoms with van der Waals surface area (Å²) in [4.78, 5) is 23.4. The maximum atomic E-state index is 11.9. The summed E-state index contributed by atoms with van der Waals surface area (Å²) >= 11 is 0. The minimum absolute atomic E-state index is 0.0440. The number of benzene rings is 1. The van der Waals surface area contributed by atoms with E-state index < -0.39 is 5.41 Å². The number of carbonyl (C=O) groups excluding carboxylic acids is 2. The summed E-state index contributed by atoms with van der Waals surface area (Å²) in [6.45, 7) is 13.0. The molecule has 1 heterocycles. The summed E-state index contributed by atoms with van der Waals surface area (Å²) in [5, 5.41) is 9.46. The molecular weight excluding hydrogens is 316 g/mol. The molecule has 0 radical (unpaired) electrons. The minimum Gasteiger partial charge on any atom is -0.508 e. The number of carbonyl (C=O) groups is 2. The zero-order valence-corrected chi connectivity index (χ0v) is 16.1. The highest BCUT2D eigenvalue weighted by molar-refractivity contribution is 6.01. The lowest BCUT2D eigenvalue weighted by atomic mass is 9.85. The number of Topliss-reactive ketones (excluding diaryl/α,β-unsaturated/α-hetero) is 2. The average molecular weight is 344 g/mol. The average Bonchev–Trinajstić information content (AvgIpc) is 3.01. The molecule has 1 aromatic carbocycles. The molecule has 25 heavy (non-hydrogen) atoms. The lowest BCUT2D eigenvalue weighted by molar-refractivity contribution is 0.0827. The molecule has 0 atom stereocenters. The van der Waals surface area contributed by atoms with Gasteiger partial charge in [0.25, 0.3) is 0 Å². The molecule has 0 aliphatic heterocycles. The first-order valence-corrected chi connectivity index (χ1v) is 8.27. The highest BCUT2D eigenvalue weighted by atomic mass is 16.3. The monoisotopic (exact) mass is 344 g/mol. The Bertz CT molecular complexity index is 726. The first kappa shape index (κ1) is 20.7. The van der Waals surface area contributed by atoms with Gasteiger partial charge in [-0.2, -0.15) is 0 Å². The highest BCUT2D eigenvalue weighted by Crippen LogP contribution is 2.27. The van der Waals surface area contributed by atoms with Gasteiger partial charge in [-0.1, -0.05) is 53.7 Å². The third kappa shape index (κ3) is 5.59. The van der Waals surface area contributed by atoms with Crippen LogP contribution in [0.25, 0.3) is 0 Å². The van der Waals surface area contributed by atoms with Crippen LogP contribution in [0, 0.1) is 17.8 Å². The van der Waals surface area contributed by atoms with Crippen molar-refractivity contribution in [2.24, 2.45) is 10.8 Å². The standard InChI is InChI=1S/C12H16O2.C9H12O2/c1-8-9(6-5-7-10(8)13)11(14)12(2,3)4;1-9(2,3)8(10)7-5-4-6-11-7/h5-7,13H,1-4H3;4-6H,1-3H3. The van der Waals surface area contributed by atoms with E-state index in [4.69, 9.17) is 4.42 Å². The Morgan fingerprint density at radius 2 is 1.44 bits per heavy atom. The molecular formula is C21H28O4. The molecule has 0 saturated heterocycles. The van der Waals surface area contributed by atoms with Crippen LogP contribution in [0.15, 0.2) is 41.0 Å². The summed E-state index contributed by atoms with van der Waals surface area (Å²) in [5.74, 6) is 0.728. The third-order valence-corrected chi connectivity index (χ3v) is 3.66. The van der Waals surface area contributed by atoms with Crippen molar-refractivity contribution in [3.8, 4) is 5.75 Å². The molecule has 2 aromatic rings. The zero-order valence-electron chi connectivity index (χ0n) is 16.1. The quantitative estimate of drug-likeness (QED) is 0.737. The van der Waals surface area contributed by atoms with E-state index in [1.807, 2.05) is 41.5 Å². The number of ketones is 2. The number of hydrogen-bond donors (Lipinski definition) is 1. The van der Waals surface area contributed by atoms with E-state index in [-0.39, 0.29) is 22.7 Å². The minimum atomic E-state index is -0.404. The van der Waals surface area contributed by atoms with Crippen molar-refractivity contribution < 1.29 is 19.1 Å². The van der Waals surface area contributed by atoms with Crippen LogP contribution < -0.4 is 0 Å². The van der Waals surface area contributed by atoms with Crippen LogP contribution in [0.5, 0.6) is 5.75 Å². The van der Waals surface area contributed by atoms with Crippen LogP contribution in [-0.4, -0.2) is 16.7 Å². The fraction of sp³-hybridized carbons (Fsp3) is 0.429. The van der Waals surface area contributed by atoms with E-state index in [9.17, 15) is 14.7 Å². The number of rotatable bonds is 2. The second-order valence-corrected chi connectivity index (χ2v) is 8.09. The first-order chi connectivity index (χ1) is 11.4. The van der Waals surface area contributed by atoms with Gasteiger partial charge in [0, 0.05) is 22.0 Å². The Morgan fingerprint density at radius 3 is 1.88 bits per heavy atom. The van der Waals surface area contributed by atoms with Crippen molar-refractivity contribution in [1.29, 1.82) is 0 Å². The van der Waals surface area contributed by atoms with Crippen molar-refractivity contribution in [2.75, 3.05) is 0 Å². The molecule has 1 aromatic heterocycles. The van der Waals surface area contributed by atoms with Crippen molar-refractivity contribution in [2.45, 2.75) is 48.5 Å². The van der Waals surface area contributed by atoms with Crippen LogP contribution in [-0.2, 0) is 0 Å². The molecule has 0 bridgehead atoms. The van der Waals surface area contributed by atoms with Gasteiger partial charge >= 0.3 is 0 Å². The maximum absolute atomic E-state index is 11.9. The first-order valence-electron chi connectivity index (χ1n) is 8.27. The predicted octanol–water partition coefficient (Wildman–Crippen LogP) is 5.44. The van der Waals surface area contributed by atoms with Crippen molar-refractivity contribution in [3.63, 3.8) is 0 Å². The molecule has 0 saturated carbocycles. The number of phenolic OH excluding ortho intramolecular Hbond substituents is 1. The molecule has 4 heteroatoms. The van der Waals surface area contributed by atoms with Crippen LogP contribution in [0.4, 0.5) is 0 Å². The van der Waals surface area contributed by atoms with E-state index in [1.54, 1.807) is 37.3 Å². The lowest BCUT2D eigenvalue weighted by Crippen LogP contribution is -2.21. The molecule has 0 aliphatic rings. The van der Waals surface area contributed by atoms with Gasteiger partial charge < -0.3 is 9.52 Å². The molecule has 4 nitrogen and oxygen atoms in total. The Balaban J connectivity index is 0.000000257. The molecule has 136 valence electrons. The summed E-state index contributed by atoms with van der Waals surface area (Å²) in [7, 11) is 0. The van der Waals surface area contributed by atoms with Crippen molar-refractivity contribution in [3.05, 3.63) is 53.5 Å². The number of hydrogen-bond acceptors (Lipinski definition) is 4. The van der Waals surface area contributed by atoms with E-state index in [0.717, 1.165) is 0 Å². The fourth-order valence-electron chi connectivity index (χ4n) is 2.05. The van der Waals surface area contributed by atoms with Gasteiger partial charge in [-0.3, -0.25) is 9.59 Å². The Hall–Kier alpha value is -2.36. The second kappa shape index (κ2) is 7.68. The molecule has 0 amide bonds. The van der Waals surface area contributed by atoms with Crippen LogP contribution in [0.1, 0.15) is 68.0 Å².